The van der Waals surface area contributed by atoms with Crippen LogP contribution in [0.2, 0.25) is 5.02 Å². The second kappa shape index (κ2) is 6.68. The van der Waals surface area contributed by atoms with Crippen molar-refractivity contribution in [1.82, 2.24) is 4.90 Å². The Morgan fingerprint density at radius 3 is 2.62 bits per heavy atom. The Bertz CT molecular complexity index is 342. The number of hydrogen-bond donors (Lipinski definition) is 1. The largest absolute Gasteiger partial charge is 0.383 e. The number of ether oxygens (including phenoxy) is 1. The predicted molar refractivity (Wildman–Crippen MR) is 72.2 cm³/mol. The van der Waals surface area contributed by atoms with Gasteiger partial charge in [0.25, 0.3) is 0 Å². The molecule has 1 rings (SSSR count). The fraction of sp³-hybridized carbons (Fsp3) is 0.364. The summed E-state index contributed by atoms with van der Waals surface area (Å²) in [6.07, 6.45) is 0. The minimum Gasteiger partial charge on any atom is -0.383 e. The number of halogens is 1. The van der Waals surface area contributed by atoms with E-state index in [1.54, 1.807) is 7.11 Å². The van der Waals surface area contributed by atoms with Crippen molar-refractivity contribution < 1.29 is 4.74 Å². The van der Waals surface area contributed by atoms with E-state index in [0.717, 1.165) is 12.2 Å². The summed E-state index contributed by atoms with van der Waals surface area (Å²) in [7, 11) is 3.59. The first-order chi connectivity index (χ1) is 7.63. The highest BCUT2D eigenvalue weighted by atomic mass is 35.5. The molecule has 0 amide bonds. The van der Waals surface area contributed by atoms with E-state index in [2.05, 4.69) is 5.32 Å². The molecule has 3 nitrogen and oxygen atoms in total. The molecule has 0 bridgehead atoms. The zero-order valence-corrected chi connectivity index (χ0v) is 10.9. The van der Waals surface area contributed by atoms with Crippen LogP contribution < -0.4 is 5.32 Å². The van der Waals surface area contributed by atoms with Gasteiger partial charge < -0.3 is 15.0 Å². The zero-order valence-electron chi connectivity index (χ0n) is 9.37. The van der Waals surface area contributed by atoms with Gasteiger partial charge in [-0.05, 0) is 36.5 Å². The Morgan fingerprint density at radius 2 is 2.06 bits per heavy atom. The Morgan fingerprint density at radius 1 is 1.44 bits per heavy atom. The van der Waals surface area contributed by atoms with E-state index in [1.165, 1.54) is 0 Å². The Kier molecular flexibility index (Phi) is 5.52. The maximum Gasteiger partial charge on any atom is 0.173 e. The van der Waals surface area contributed by atoms with Gasteiger partial charge in [-0.2, -0.15) is 0 Å². The molecule has 0 aliphatic rings. The lowest BCUT2D eigenvalue weighted by Crippen LogP contribution is -2.33. The van der Waals surface area contributed by atoms with Crippen LogP contribution in [0.25, 0.3) is 0 Å². The highest BCUT2D eigenvalue weighted by Crippen LogP contribution is 2.13. The highest BCUT2D eigenvalue weighted by molar-refractivity contribution is 7.80. The summed E-state index contributed by atoms with van der Waals surface area (Å²) in [6, 6.07) is 7.42. The third-order valence-electron chi connectivity index (χ3n) is 2.07. The van der Waals surface area contributed by atoms with E-state index in [0.29, 0.717) is 16.7 Å². The molecule has 0 heterocycles. The number of anilines is 1. The van der Waals surface area contributed by atoms with Gasteiger partial charge in [-0.1, -0.05) is 11.6 Å². The molecule has 0 atom stereocenters. The van der Waals surface area contributed by atoms with Crippen molar-refractivity contribution in [3.05, 3.63) is 29.3 Å². The SMILES string of the molecule is COCCN(C)C(=S)Nc1ccc(Cl)cc1. The van der Waals surface area contributed by atoms with E-state index in [9.17, 15) is 0 Å². The molecule has 1 aromatic rings. The highest BCUT2D eigenvalue weighted by Gasteiger charge is 2.03. The molecular formula is C11H15ClN2OS. The van der Waals surface area contributed by atoms with Crippen LogP contribution in [0.5, 0.6) is 0 Å². The maximum atomic E-state index is 5.79. The molecule has 5 heteroatoms. The van der Waals surface area contributed by atoms with Gasteiger partial charge in [0.1, 0.15) is 0 Å². The number of thiocarbonyl (C=S) groups is 1. The predicted octanol–water partition coefficient (Wildman–Crippen LogP) is 2.62. The van der Waals surface area contributed by atoms with Crippen LogP contribution >= 0.6 is 23.8 Å². The molecular weight excluding hydrogens is 244 g/mol. The van der Waals surface area contributed by atoms with Crippen LogP contribution in [-0.2, 0) is 4.74 Å². The summed E-state index contributed by atoms with van der Waals surface area (Å²) in [5, 5.41) is 4.50. The van der Waals surface area contributed by atoms with Crippen molar-refractivity contribution in [2.24, 2.45) is 0 Å². The summed E-state index contributed by atoms with van der Waals surface area (Å²) in [5.41, 5.74) is 0.929. The van der Waals surface area contributed by atoms with Gasteiger partial charge in [0.05, 0.1) is 6.61 Å². The van der Waals surface area contributed by atoms with Crippen LogP contribution in [0.15, 0.2) is 24.3 Å². The summed E-state index contributed by atoms with van der Waals surface area (Å²) >= 11 is 11.0. The number of likely N-dealkylation sites (N-methyl/N-ethyl adjacent to an activating group) is 1. The maximum absolute atomic E-state index is 5.79. The van der Waals surface area contributed by atoms with Gasteiger partial charge in [0, 0.05) is 31.4 Å². The fourth-order valence-corrected chi connectivity index (χ4v) is 1.42. The Labute approximate surface area is 106 Å². The smallest absolute Gasteiger partial charge is 0.173 e. The Hall–Kier alpha value is -0.840. The molecule has 1 N–H and O–H groups in total. The van der Waals surface area contributed by atoms with Crippen molar-refractivity contribution in [3.8, 4) is 0 Å². The molecule has 16 heavy (non-hydrogen) atoms. The lowest BCUT2D eigenvalue weighted by molar-refractivity contribution is 0.183. The van der Waals surface area contributed by atoms with Crippen molar-refractivity contribution in [3.63, 3.8) is 0 Å². The van der Waals surface area contributed by atoms with Gasteiger partial charge in [0.2, 0.25) is 0 Å². The minimum absolute atomic E-state index is 0.652. The average Bonchev–Trinajstić information content (AvgIpc) is 2.29. The molecule has 0 fully saturated rings. The first-order valence-corrected chi connectivity index (χ1v) is 5.68. The second-order valence-electron chi connectivity index (χ2n) is 3.35. The third-order valence-corrected chi connectivity index (χ3v) is 2.74. The first kappa shape index (κ1) is 13.2. The molecule has 88 valence electrons. The minimum atomic E-state index is 0.652. The second-order valence-corrected chi connectivity index (χ2v) is 4.17. The number of methoxy groups -OCH3 is 1. The quantitative estimate of drug-likeness (QED) is 0.840. The van der Waals surface area contributed by atoms with E-state index in [1.807, 2.05) is 36.2 Å². The topological polar surface area (TPSA) is 24.5 Å². The Balaban J connectivity index is 2.47. The average molecular weight is 259 g/mol. The summed E-state index contributed by atoms with van der Waals surface area (Å²) < 4.78 is 4.98. The van der Waals surface area contributed by atoms with Crippen LogP contribution in [0.3, 0.4) is 0 Å². The van der Waals surface area contributed by atoms with Gasteiger partial charge in [-0.3, -0.25) is 0 Å². The number of benzene rings is 1. The zero-order chi connectivity index (χ0) is 12.0. The van der Waals surface area contributed by atoms with Crippen LogP contribution in [0.4, 0.5) is 5.69 Å². The lowest BCUT2D eigenvalue weighted by atomic mass is 10.3. The molecule has 0 unspecified atom stereocenters. The van der Waals surface area contributed by atoms with Gasteiger partial charge >= 0.3 is 0 Å². The van der Waals surface area contributed by atoms with Crippen LogP contribution in [0.1, 0.15) is 0 Å². The molecule has 0 aliphatic carbocycles. The number of hydrogen-bond acceptors (Lipinski definition) is 2. The van der Waals surface area contributed by atoms with E-state index in [4.69, 9.17) is 28.6 Å². The molecule has 0 radical (unpaired) electrons. The monoisotopic (exact) mass is 258 g/mol. The van der Waals surface area contributed by atoms with Gasteiger partial charge in [-0.15, -0.1) is 0 Å². The van der Waals surface area contributed by atoms with Crippen LogP contribution in [0, 0.1) is 0 Å². The standard InChI is InChI=1S/C11H15ClN2OS/c1-14(7-8-15-2)11(16)13-10-5-3-9(12)4-6-10/h3-6H,7-8H2,1-2H3,(H,13,16). The molecule has 0 spiro atoms. The molecule has 1 aromatic carbocycles. The van der Waals surface area contributed by atoms with Crippen molar-refractivity contribution in [2.75, 3.05) is 32.6 Å². The van der Waals surface area contributed by atoms with E-state index >= 15 is 0 Å². The van der Waals surface area contributed by atoms with Crippen molar-refractivity contribution in [1.29, 1.82) is 0 Å². The third kappa shape index (κ3) is 4.35. The van der Waals surface area contributed by atoms with Gasteiger partial charge in [0.15, 0.2) is 5.11 Å². The number of rotatable bonds is 4. The van der Waals surface area contributed by atoms with Gasteiger partial charge in [-0.25, -0.2) is 0 Å². The summed E-state index contributed by atoms with van der Waals surface area (Å²) in [6.45, 7) is 1.41. The number of nitrogens with zero attached hydrogens (tertiary/aromatic N) is 1. The van der Waals surface area contributed by atoms with Crippen molar-refractivity contribution in [2.45, 2.75) is 0 Å². The molecule has 0 saturated heterocycles. The van der Waals surface area contributed by atoms with E-state index < -0.39 is 0 Å². The molecule has 0 saturated carbocycles. The molecule has 0 aliphatic heterocycles. The molecule has 0 aromatic heterocycles. The fourth-order valence-electron chi connectivity index (χ4n) is 1.08. The number of nitrogens with one attached hydrogen (secondary N) is 1. The normalized spacial score (nSPS) is 9.94. The first-order valence-electron chi connectivity index (χ1n) is 4.90. The van der Waals surface area contributed by atoms with Crippen LogP contribution in [-0.4, -0.2) is 37.3 Å². The van der Waals surface area contributed by atoms with E-state index in [-0.39, 0.29) is 0 Å². The summed E-state index contributed by atoms with van der Waals surface area (Å²) in [5.74, 6) is 0. The lowest BCUT2D eigenvalue weighted by Gasteiger charge is -2.20. The van der Waals surface area contributed by atoms with Crippen molar-refractivity contribution >= 4 is 34.6 Å². The summed E-state index contributed by atoms with van der Waals surface area (Å²) in [4.78, 5) is 1.92.